The van der Waals surface area contributed by atoms with Crippen LogP contribution in [0.2, 0.25) is 0 Å². The van der Waals surface area contributed by atoms with E-state index in [-0.39, 0.29) is 5.91 Å². The molecule has 0 unspecified atom stereocenters. The van der Waals surface area contributed by atoms with Crippen LogP contribution in [0.3, 0.4) is 0 Å². The maximum Gasteiger partial charge on any atom is 0.234 e. The van der Waals surface area contributed by atoms with Gasteiger partial charge in [-0.15, -0.1) is 0 Å². The van der Waals surface area contributed by atoms with E-state index < -0.39 is 0 Å². The minimum Gasteiger partial charge on any atom is -0.492 e. The van der Waals surface area contributed by atoms with E-state index in [0.29, 0.717) is 19.7 Å². The number of amides is 1. The highest BCUT2D eigenvalue weighted by molar-refractivity contribution is 5.77. The number of para-hydroxylation sites is 1. The van der Waals surface area contributed by atoms with Crippen molar-refractivity contribution in [2.24, 2.45) is 0 Å². The lowest BCUT2D eigenvalue weighted by molar-refractivity contribution is -0.122. The Morgan fingerprint density at radius 1 is 1.32 bits per heavy atom. The number of aryl methyl sites for hydroxylation is 1. The molecule has 0 aromatic heterocycles. The molecular weight excluding hydrogens is 240 g/mol. The maximum absolute atomic E-state index is 11.5. The maximum atomic E-state index is 11.5. The fraction of sp³-hybridized carbons (Fsp3) is 0.533. The second-order valence-corrected chi connectivity index (χ2v) is 4.44. The van der Waals surface area contributed by atoms with Gasteiger partial charge >= 0.3 is 0 Å². The molecule has 0 aliphatic carbocycles. The molecule has 0 saturated carbocycles. The molecule has 0 aliphatic rings. The van der Waals surface area contributed by atoms with E-state index >= 15 is 0 Å². The standard InChI is InChI=1S/C15H24N2O2/c1-4-16-15(18)12-17(5-2)10-11-19-14-9-7-6-8-13(14)3/h6-9H,4-5,10-12H2,1-3H3,(H,16,18). The van der Waals surface area contributed by atoms with Crippen LogP contribution >= 0.6 is 0 Å². The summed E-state index contributed by atoms with van der Waals surface area (Å²) >= 11 is 0. The normalized spacial score (nSPS) is 10.5. The largest absolute Gasteiger partial charge is 0.492 e. The van der Waals surface area contributed by atoms with E-state index in [1.54, 1.807) is 0 Å². The molecule has 1 aromatic carbocycles. The Bertz CT molecular complexity index is 393. The smallest absolute Gasteiger partial charge is 0.234 e. The quantitative estimate of drug-likeness (QED) is 0.779. The zero-order valence-electron chi connectivity index (χ0n) is 12.1. The van der Waals surface area contributed by atoms with Crippen LogP contribution in [0.5, 0.6) is 5.75 Å². The van der Waals surface area contributed by atoms with Gasteiger partial charge in [0, 0.05) is 13.1 Å². The average Bonchev–Trinajstić information content (AvgIpc) is 2.40. The van der Waals surface area contributed by atoms with E-state index in [9.17, 15) is 4.79 Å². The second-order valence-electron chi connectivity index (χ2n) is 4.44. The summed E-state index contributed by atoms with van der Waals surface area (Å²) in [6.07, 6.45) is 0. The summed E-state index contributed by atoms with van der Waals surface area (Å²) in [6.45, 7) is 9.30. The number of likely N-dealkylation sites (N-methyl/N-ethyl adjacent to an activating group) is 2. The van der Waals surface area contributed by atoms with Crippen molar-refractivity contribution in [3.63, 3.8) is 0 Å². The highest BCUT2D eigenvalue weighted by atomic mass is 16.5. The van der Waals surface area contributed by atoms with Crippen molar-refractivity contribution >= 4 is 5.91 Å². The molecule has 1 amide bonds. The molecule has 1 N–H and O–H groups in total. The number of nitrogens with zero attached hydrogens (tertiary/aromatic N) is 1. The molecule has 4 heteroatoms. The Kier molecular flexibility index (Phi) is 6.97. The Morgan fingerprint density at radius 2 is 2.05 bits per heavy atom. The van der Waals surface area contributed by atoms with Gasteiger partial charge in [-0.25, -0.2) is 0 Å². The first-order valence-electron chi connectivity index (χ1n) is 6.84. The Balaban J connectivity index is 2.34. The highest BCUT2D eigenvalue weighted by Crippen LogP contribution is 2.15. The fourth-order valence-electron chi connectivity index (χ4n) is 1.81. The fourth-order valence-corrected chi connectivity index (χ4v) is 1.81. The number of benzene rings is 1. The highest BCUT2D eigenvalue weighted by Gasteiger charge is 2.08. The number of rotatable bonds is 8. The molecule has 0 fully saturated rings. The number of carbonyl (C=O) groups is 1. The van der Waals surface area contributed by atoms with E-state index in [2.05, 4.69) is 10.2 Å². The van der Waals surface area contributed by atoms with E-state index in [1.165, 1.54) is 0 Å². The molecule has 1 aromatic rings. The third-order valence-electron chi connectivity index (χ3n) is 2.95. The van der Waals surface area contributed by atoms with Gasteiger partial charge in [0.25, 0.3) is 0 Å². The van der Waals surface area contributed by atoms with Crippen molar-refractivity contribution in [2.75, 3.05) is 32.8 Å². The first-order chi connectivity index (χ1) is 9.17. The van der Waals surface area contributed by atoms with Gasteiger partial charge in [-0.2, -0.15) is 0 Å². The lowest BCUT2D eigenvalue weighted by Crippen LogP contribution is -2.39. The summed E-state index contributed by atoms with van der Waals surface area (Å²) in [5, 5.41) is 2.81. The second kappa shape index (κ2) is 8.53. The molecule has 106 valence electrons. The number of hydrogen-bond donors (Lipinski definition) is 1. The van der Waals surface area contributed by atoms with Crippen LogP contribution in [0, 0.1) is 6.92 Å². The van der Waals surface area contributed by atoms with Crippen LogP contribution in [0.4, 0.5) is 0 Å². The predicted molar refractivity (Wildman–Crippen MR) is 77.5 cm³/mol. The molecule has 0 heterocycles. The number of hydrogen-bond acceptors (Lipinski definition) is 3. The Labute approximate surface area is 115 Å². The van der Waals surface area contributed by atoms with E-state index in [0.717, 1.165) is 24.4 Å². The number of carbonyl (C=O) groups excluding carboxylic acids is 1. The van der Waals surface area contributed by atoms with E-state index in [1.807, 2.05) is 45.0 Å². The van der Waals surface area contributed by atoms with Gasteiger partial charge in [-0.1, -0.05) is 25.1 Å². The van der Waals surface area contributed by atoms with Crippen molar-refractivity contribution in [1.29, 1.82) is 0 Å². The lowest BCUT2D eigenvalue weighted by Gasteiger charge is -2.20. The Morgan fingerprint density at radius 3 is 2.68 bits per heavy atom. The van der Waals surface area contributed by atoms with Gasteiger partial charge in [0.05, 0.1) is 6.54 Å². The molecule has 19 heavy (non-hydrogen) atoms. The van der Waals surface area contributed by atoms with Crippen LogP contribution in [0.1, 0.15) is 19.4 Å². The molecule has 4 nitrogen and oxygen atoms in total. The summed E-state index contributed by atoms with van der Waals surface area (Å²) in [5.74, 6) is 0.983. The zero-order chi connectivity index (χ0) is 14.1. The minimum atomic E-state index is 0.0697. The lowest BCUT2D eigenvalue weighted by atomic mass is 10.2. The SMILES string of the molecule is CCNC(=O)CN(CC)CCOc1ccccc1C. The molecule has 0 aliphatic heterocycles. The van der Waals surface area contributed by atoms with Crippen molar-refractivity contribution in [2.45, 2.75) is 20.8 Å². The summed E-state index contributed by atoms with van der Waals surface area (Å²) < 4.78 is 5.74. The summed E-state index contributed by atoms with van der Waals surface area (Å²) in [4.78, 5) is 13.6. The van der Waals surface area contributed by atoms with Crippen LogP contribution in [0.15, 0.2) is 24.3 Å². The monoisotopic (exact) mass is 264 g/mol. The third-order valence-corrected chi connectivity index (χ3v) is 2.95. The molecule has 0 radical (unpaired) electrons. The van der Waals surface area contributed by atoms with Gasteiger partial charge in [0.1, 0.15) is 12.4 Å². The summed E-state index contributed by atoms with van der Waals surface area (Å²) in [5.41, 5.74) is 1.13. The van der Waals surface area contributed by atoms with Gasteiger partial charge in [0.2, 0.25) is 5.91 Å². The molecule has 0 bridgehead atoms. The van der Waals surface area contributed by atoms with Gasteiger partial charge in [0.15, 0.2) is 0 Å². The van der Waals surface area contributed by atoms with Gasteiger partial charge in [-0.3, -0.25) is 9.69 Å². The predicted octanol–water partition coefficient (Wildman–Crippen LogP) is 1.83. The van der Waals surface area contributed by atoms with Crippen molar-refractivity contribution in [3.8, 4) is 5.75 Å². The van der Waals surface area contributed by atoms with Crippen molar-refractivity contribution in [3.05, 3.63) is 29.8 Å². The first kappa shape index (κ1) is 15.5. The number of nitrogens with one attached hydrogen (secondary N) is 1. The first-order valence-corrected chi connectivity index (χ1v) is 6.84. The number of ether oxygens (including phenoxy) is 1. The van der Waals surface area contributed by atoms with Crippen molar-refractivity contribution in [1.82, 2.24) is 10.2 Å². The average molecular weight is 264 g/mol. The summed E-state index contributed by atoms with van der Waals surface area (Å²) in [7, 11) is 0. The van der Waals surface area contributed by atoms with Crippen LogP contribution in [-0.4, -0.2) is 43.6 Å². The topological polar surface area (TPSA) is 41.6 Å². The molecule has 0 spiro atoms. The minimum absolute atomic E-state index is 0.0697. The van der Waals surface area contributed by atoms with E-state index in [4.69, 9.17) is 4.74 Å². The van der Waals surface area contributed by atoms with Crippen LogP contribution < -0.4 is 10.1 Å². The summed E-state index contributed by atoms with van der Waals surface area (Å²) in [6, 6.07) is 7.96. The van der Waals surface area contributed by atoms with Gasteiger partial charge < -0.3 is 10.1 Å². The van der Waals surface area contributed by atoms with Crippen LogP contribution in [0.25, 0.3) is 0 Å². The zero-order valence-corrected chi connectivity index (χ0v) is 12.1. The molecular formula is C15H24N2O2. The third kappa shape index (κ3) is 5.75. The Hall–Kier alpha value is -1.55. The molecule has 0 saturated heterocycles. The van der Waals surface area contributed by atoms with Crippen LogP contribution in [-0.2, 0) is 4.79 Å². The molecule has 0 atom stereocenters. The molecule has 1 rings (SSSR count). The van der Waals surface area contributed by atoms with Crippen molar-refractivity contribution < 1.29 is 9.53 Å². The van der Waals surface area contributed by atoms with Gasteiger partial charge in [-0.05, 0) is 32.0 Å².